The Kier molecular flexibility index (Phi) is 3.94. The van der Waals surface area contributed by atoms with Crippen LogP contribution in [0.15, 0.2) is 41.8 Å². The van der Waals surface area contributed by atoms with Crippen LogP contribution in [0.2, 0.25) is 0 Å². The van der Waals surface area contributed by atoms with Crippen molar-refractivity contribution >= 4 is 49.4 Å². The van der Waals surface area contributed by atoms with E-state index in [1.54, 1.807) is 27.6 Å². The van der Waals surface area contributed by atoms with Crippen molar-refractivity contribution in [1.29, 1.82) is 0 Å². The Labute approximate surface area is 131 Å². The van der Waals surface area contributed by atoms with Gasteiger partial charge in [0.25, 0.3) is 5.91 Å². The van der Waals surface area contributed by atoms with E-state index >= 15 is 0 Å². The molecule has 0 saturated heterocycles. The molecule has 0 bridgehead atoms. The molecule has 3 nitrogen and oxygen atoms in total. The molecule has 3 rings (SSSR count). The van der Waals surface area contributed by atoms with E-state index in [4.69, 9.17) is 5.73 Å². The molecule has 1 aromatic carbocycles. The summed E-state index contributed by atoms with van der Waals surface area (Å²) in [5, 5.41) is 2.05. The Balaban J connectivity index is 1.98. The van der Waals surface area contributed by atoms with E-state index < -0.39 is 0 Å². The molecule has 1 amide bonds. The van der Waals surface area contributed by atoms with Crippen LogP contribution in [0.5, 0.6) is 0 Å². The Bertz CT molecular complexity index is 747. The zero-order chi connectivity index (χ0) is 14.8. The number of nitrogens with two attached hydrogens (primary N) is 1. The van der Waals surface area contributed by atoms with Gasteiger partial charge in [-0.15, -0.1) is 22.7 Å². The van der Waals surface area contributed by atoms with Crippen LogP contribution in [0.3, 0.4) is 0 Å². The van der Waals surface area contributed by atoms with Crippen molar-refractivity contribution in [1.82, 2.24) is 0 Å². The molecular formula is C16H16N2OS2. The lowest BCUT2D eigenvalue weighted by Crippen LogP contribution is -2.31. The van der Waals surface area contributed by atoms with Gasteiger partial charge in [0.05, 0.1) is 16.3 Å². The average molecular weight is 316 g/mol. The fourth-order valence-corrected chi connectivity index (χ4v) is 4.35. The first-order chi connectivity index (χ1) is 10.2. The molecule has 21 heavy (non-hydrogen) atoms. The summed E-state index contributed by atoms with van der Waals surface area (Å²) in [4.78, 5) is 15.4. The number of thiophene rings is 2. The van der Waals surface area contributed by atoms with Crippen molar-refractivity contribution < 1.29 is 4.79 Å². The number of carbonyl (C=O) groups excluding carboxylic acids is 1. The molecule has 0 aliphatic carbocycles. The van der Waals surface area contributed by atoms with Crippen LogP contribution in [-0.2, 0) is 0 Å². The zero-order valence-corrected chi connectivity index (χ0v) is 13.3. The van der Waals surface area contributed by atoms with Gasteiger partial charge in [-0.3, -0.25) is 4.79 Å². The highest BCUT2D eigenvalue weighted by atomic mass is 32.1. The smallest absolute Gasteiger partial charge is 0.268 e. The molecular weight excluding hydrogens is 300 g/mol. The number of para-hydroxylation sites is 2. The lowest BCUT2D eigenvalue weighted by atomic mass is 10.2. The second-order valence-electron chi connectivity index (χ2n) is 4.78. The Morgan fingerprint density at radius 2 is 2.05 bits per heavy atom. The molecule has 0 fully saturated rings. The summed E-state index contributed by atoms with van der Waals surface area (Å²) >= 11 is 3.21. The summed E-state index contributed by atoms with van der Waals surface area (Å²) in [6.45, 7) is 2.73. The van der Waals surface area contributed by atoms with Gasteiger partial charge in [0.15, 0.2) is 0 Å². The van der Waals surface area contributed by atoms with Crippen LogP contribution < -0.4 is 10.6 Å². The van der Waals surface area contributed by atoms with Crippen LogP contribution in [0.4, 0.5) is 11.4 Å². The van der Waals surface area contributed by atoms with Gasteiger partial charge in [0, 0.05) is 15.9 Å². The average Bonchev–Trinajstić information content (AvgIpc) is 3.06. The maximum Gasteiger partial charge on any atom is 0.268 e. The molecule has 108 valence electrons. The zero-order valence-electron chi connectivity index (χ0n) is 11.7. The van der Waals surface area contributed by atoms with Crippen LogP contribution in [-0.4, -0.2) is 12.5 Å². The summed E-state index contributed by atoms with van der Waals surface area (Å²) in [6.07, 6.45) is 0.889. The highest BCUT2D eigenvalue weighted by Gasteiger charge is 2.21. The lowest BCUT2D eigenvalue weighted by molar-refractivity contribution is 0.0991. The maximum absolute atomic E-state index is 12.8. The summed E-state index contributed by atoms with van der Waals surface area (Å²) in [5.41, 5.74) is 7.46. The first kappa shape index (κ1) is 14.1. The van der Waals surface area contributed by atoms with Gasteiger partial charge in [-0.1, -0.05) is 19.1 Å². The molecule has 3 aromatic rings. The van der Waals surface area contributed by atoms with Gasteiger partial charge in [-0.05, 0) is 36.1 Å². The predicted octanol–water partition coefficient (Wildman–Crippen LogP) is 4.60. The third-order valence-corrected chi connectivity index (χ3v) is 5.35. The van der Waals surface area contributed by atoms with Gasteiger partial charge < -0.3 is 10.6 Å². The number of amides is 1. The number of fused-ring (bicyclic) bond motifs is 1. The number of rotatable bonds is 4. The largest absolute Gasteiger partial charge is 0.397 e. The van der Waals surface area contributed by atoms with E-state index in [-0.39, 0.29) is 5.91 Å². The molecule has 2 N–H and O–H groups in total. The highest BCUT2D eigenvalue weighted by Crippen LogP contribution is 2.32. The van der Waals surface area contributed by atoms with Crippen molar-refractivity contribution in [3.63, 3.8) is 0 Å². The van der Waals surface area contributed by atoms with Gasteiger partial charge >= 0.3 is 0 Å². The van der Waals surface area contributed by atoms with Crippen LogP contribution in [0.25, 0.3) is 9.40 Å². The fraction of sp³-hybridized carbons (Fsp3) is 0.188. The molecule has 0 radical (unpaired) electrons. The second-order valence-corrected chi connectivity index (χ2v) is 6.81. The summed E-state index contributed by atoms with van der Waals surface area (Å²) in [7, 11) is 0. The number of anilines is 2. The molecule has 0 spiro atoms. The van der Waals surface area contributed by atoms with Crippen LogP contribution >= 0.6 is 22.7 Å². The van der Waals surface area contributed by atoms with Gasteiger partial charge in [-0.25, -0.2) is 0 Å². The lowest BCUT2D eigenvalue weighted by Gasteiger charge is -2.23. The van der Waals surface area contributed by atoms with E-state index in [9.17, 15) is 4.79 Å². The summed E-state index contributed by atoms with van der Waals surface area (Å²) in [6, 6.07) is 11.6. The summed E-state index contributed by atoms with van der Waals surface area (Å²) in [5.74, 6) is 0.0307. The van der Waals surface area contributed by atoms with Crippen LogP contribution in [0, 0.1) is 0 Å². The molecule has 0 saturated carbocycles. The standard InChI is InChI=1S/C16H16N2OS2/c1-2-8-18(12-6-4-3-5-11(12)17)16(19)15-10-14-13(21-15)7-9-20-14/h3-7,9-10H,2,8,17H2,1H3. The number of hydrogen-bond donors (Lipinski definition) is 1. The molecule has 2 aromatic heterocycles. The van der Waals surface area contributed by atoms with Crippen molar-refractivity contribution in [2.45, 2.75) is 13.3 Å². The quantitative estimate of drug-likeness (QED) is 0.715. The minimum atomic E-state index is 0.0307. The minimum absolute atomic E-state index is 0.0307. The Hall–Kier alpha value is -1.85. The molecule has 2 heterocycles. The van der Waals surface area contributed by atoms with E-state index in [2.05, 4.69) is 18.4 Å². The second kappa shape index (κ2) is 5.87. The topological polar surface area (TPSA) is 46.3 Å². The first-order valence-electron chi connectivity index (χ1n) is 6.84. The van der Waals surface area contributed by atoms with Crippen LogP contribution in [0.1, 0.15) is 23.0 Å². The number of benzene rings is 1. The van der Waals surface area contributed by atoms with E-state index in [0.29, 0.717) is 12.2 Å². The van der Waals surface area contributed by atoms with Gasteiger partial charge in [0.2, 0.25) is 0 Å². The van der Waals surface area contributed by atoms with E-state index in [0.717, 1.165) is 17.0 Å². The van der Waals surface area contributed by atoms with Crippen molar-refractivity contribution in [3.05, 3.63) is 46.7 Å². The normalized spacial score (nSPS) is 10.9. The highest BCUT2D eigenvalue weighted by molar-refractivity contribution is 7.27. The minimum Gasteiger partial charge on any atom is -0.397 e. The predicted molar refractivity (Wildman–Crippen MR) is 92.5 cm³/mol. The third-order valence-electron chi connectivity index (χ3n) is 3.27. The maximum atomic E-state index is 12.8. The monoisotopic (exact) mass is 316 g/mol. The SMILES string of the molecule is CCCN(C(=O)c1cc2sccc2s1)c1ccccc1N. The van der Waals surface area contributed by atoms with E-state index in [1.165, 1.54) is 9.40 Å². The fourth-order valence-electron chi connectivity index (χ4n) is 2.29. The van der Waals surface area contributed by atoms with Gasteiger partial charge in [-0.2, -0.15) is 0 Å². The number of carbonyl (C=O) groups is 1. The molecule has 0 unspecified atom stereocenters. The molecule has 0 atom stereocenters. The molecule has 0 aliphatic heterocycles. The van der Waals surface area contributed by atoms with Crippen molar-refractivity contribution in [2.75, 3.05) is 17.2 Å². The molecule has 0 aliphatic rings. The van der Waals surface area contributed by atoms with Crippen molar-refractivity contribution in [3.8, 4) is 0 Å². The molecule has 5 heteroatoms. The van der Waals surface area contributed by atoms with Gasteiger partial charge in [0.1, 0.15) is 0 Å². The van der Waals surface area contributed by atoms with Crippen molar-refractivity contribution in [2.24, 2.45) is 0 Å². The van der Waals surface area contributed by atoms with E-state index in [1.807, 2.05) is 30.3 Å². The third kappa shape index (κ3) is 2.66. The summed E-state index contributed by atoms with van der Waals surface area (Å²) < 4.78 is 2.33. The number of nitrogen functional groups attached to an aromatic ring is 1. The number of nitrogens with zero attached hydrogens (tertiary/aromatic N) is 1. The number of hydrogen-bond acceptors (Lipinski definition) is 4. The Morgan fingerprint density at radius 1 is 1.24 bits per heavy atom. The Morgan fingerprint density at radius 3 is 2.76 bits per heavy atom. The first-order valence-corrected chi connectivity index (χ1v) is 8.53.